The lowest BCUT2D eigenvalue weighted by molar-refractivity contribution is -0.123. The van der Waals surface area contributed by atoms with Gasteiger partial charge in [0.2, 0.25) is 5.91 Å². The highest BCUT2D eigenvalue weighted by Gasteiger charge is 2.41. The summed E-state index contributed by atoms with van der Waals surface area (Å²) in [6.07, 6.45) is 1.77. The van der Waals surface area contributed by atoms with Crippen molar-refractivity contribution in [1.29, 1.82) is 0 Å². The Balaban J connectivity index is 1.76. The van der Waals surface area contributed by atoms with Gasteiger partial charge in [-0.1, -0.05) is 30.3 Å². The van der Waals surface area contributed by atoms with Crippen LogP contribution >= 0.6 is 0 Å². The number of rotatable bonds is 3. The maximum Gasteiger partial charge on any atom is 0.237 e. The molecule has 0 aliphatic heterocycles. The predicted molar refractivity (Wildman–Crippen MR) is 78.3 cm³/mol. The largest absolute Gasteiger partial charge is 0.490 e. The average Bonchev–Trinajstić information content (AvgIpc) is 2.81. The lowest BCUT2D eigenvalue weighted by Crippen LogP contribution is -2.50. The van der Waals surface area contributed by atoms with Crippen LogP contribution < -0.4 is 16.2 Å². The summed E-state index contributed by atoms with van der Waals surface area (Å²) < 4.78 is 5.94. The van der Waals surface area contributed by atoms with Crippen LogP contribution in [0.3, 0.4) is 0 Å². The summed E-state index contributed by atoms with van der Waals surface area (Å²) in [5, 5.41) is 2.31. The third kappa shape index (κ3) is 2.34. The Morgan fingerprint density at radius 3 is 2.65 bits per heavy atom. The van der Waals surface area contributed by atoms with Crippen molar-refractivity contribution in [1.82, 2.24) is 0 Å². The molecule has 0 bridgehead atoms. The van der Waals surface area contributed by atoms with Crippen molar-refractivity contribution in [3.8, 4) is 5.75 Å². The molecule has 1 amide bonds. The smallest absolute Gasteiger partial charge is 0.237 e. The Hall–Kier alpha value is -2.07. The maximum atomic E-state index is 11.3. The van der Waals surface area contributed by atoms with E-state index in [0.717, 1.165) is 17.6 Å². The van der Waals surface area contributed by atoms with Gasteiger partial charge in [-0.2, -0.15) is 0 Å². The van der Waals surface area contributed by atoms with Crippen molar-refractivity contribution in [2.75, 3.05) is 0 Å². The van der Waals surface area contributed by atoms with Gasteiger partial charge < -0.3 is 16.2 Å². The molecule has 0 aromatic heterocycles. The minimum Gasteiger partial charge on any atom is -0.490 e. The highest BCUT2D eigenvalue weighted by Crippen LogP contribution is 2.31. The zero-order chi connectivity index (χ0) is 14.2. The van der Waals surface area contributed by atoms with E-state index in [1.54, 1.807) is 0 Å². The zero-order valence-corrected chi connectivity index (χ0v) is 11.2. The van der Waals surface area contributed by atoms with Gasteiger partial charge in [-0.15, -0.1) is 0 Å². The van der Waals surface area contributed by atoms with E-state index < -0.39 is 11.4 Å². The molecule has 0 heterocycles. The second-order valence-corrected chi connectivity index (χ2v) is 5.51. The molecule has 2 aromatic rings. The van der Waals surface area contributed by atoms with Crippen LogP contribution in [0.4, 0.5) is 0 Å². The van der Waals surface area contributed by atoms with Crippen molar-refractivity contribution in [2.45, 2.75) is 30.9 Å². The molecule has 1 aliphatic rings. The number of fused-ring (bicyclic) bond motifs is 1. The SMILES string of the molecule is NC(=O)C1(N)CCC(Oc2ccc3ccccc3c2)C1. The topological polar surface area (TPSA) is 78.3 Å². The van der Waals surface area contributed by atoms with Crippen LogP contribution in [0, 0.1) is 0 Å². The van der Waals surface area contributed by atoms with E-state index in [1.165, 1.54) is 5.39 Å². The molecule has 4 N–H and O–H groups in total. The van der Waals surface area contributed by atoms with Crippen molar-refractivity contribution in [2.24, 2.45) is 11.5 Å². The number of hydrogen-bond donors (Lipinski definition) is 2. The number of amides is 1. The highest BCUT2D eigenvalue weighted by molar-refractivity contribution is 5.85. The summed E-state index contributed by atoms with van der Waals surface area (Å²) in [6, 6.07) is 14.1. The number of ether oxygens (including phenoxy) is 1. The summed E-state index contributed by atoms with van der Waals surface area (Å²) in [6.45, 7) is 0. The first kappa shape index (κ1) is 12.9. The number of carbonyl (C=O) groups excluding carboxylic acids is 1. The van der Waals surface area contributed by atoms with Gasteiger partial charge in [0.25, 0.3) is 0 Å². The molecule has 0 saturated heterocycles. The first-order chi connectivity index (χ1) is 9.57. The van der Waals surface area contributed by atoms with Crippen LogP contribution in [-0.4, -0.2) is 17.6 Å². The van der Waals surface area contributed by atoms with E-state index in [9.17, 15) is 4.79 Å². The minimum absolute atomic E-state index is 0.0475. The van der Waals surface area contributed by atoms with Gasteiger partial charge in [-0.05, 0) is 35.7 Å². The summed E-state index contributed by atoms with van der Waals surface area (Å²) in [7, 11) is 0. The second-order valence-electron chi connectivity index (χ2n) is 5.51. The first-order valence-corrected chi connectivity index (χ1v) is 6.81. The van der Waals surface area contributed by atoms with Crippen LogP contribution in [-0.2, 0) is 4.79 Å². The van der Waals surface area contributed by atoms with Gasteiger partial charge in [0.1, 0.15) is 11.9 Å². The molecule has 104 valence electrons. The molecule has 20 heavy (non-hydrogen) atoms. The van der Waals surface area contributed by atoms with E-state index in [1.807, 2.05) is 36.4 Å². The van der Waals surface area contributed by atoms with Crippen molar-refractivity contribution in [3.63, 3.8) is 0 Å². The van der Waals surface area contributed by atoms with Gasteiger partial charge in [-0.3, -0.25) is 4.79 Å². The Morgan fingerprint density at radius 1 is 1.20 bits per heavy atom. The lowest BCUT2D eigenvalue weighted by Gasteiger charge is -2.20. The Labute approximate surface area is 117 Å². The van der Waals surface area contributed by atoms with E-state index in [-0.39, 0.29) is 6.10 Å². The third-order valence-corrected chi connectivity index (χ3v) is 4.02. The van der Waals surface area contributed by atoms with Gasteiger partial charge in [-0.25, -0.2) is 0 Å². The molecule has 0 spiro atoms. The van der Waals surface area contributed by atoms with Gasteiger partial charge in [0, 0.05) is 6.42 Å². The van der Waals surface area contributed by atoms with E-state index in [2.05, 4.69) is 6.07 Å². The maximum absolute atomic E-state index is 11.3. The van der Waals surface area contributed by atoms with Gasteiger partial charge >= 0.3 is 0 Å². The summed E-state index contributed by atoms with van der Waals surface area (Å²) in [4.78, 5) is 11.3. The fourth-order valence-electron chi connectivity index (χ4n) is 2.79. The van der Waals surface area contributed by atoms with Gasteiger partial charge in [0.05, 0.1) is 5.54 Å². The number of carbonyl (C=O) groups is 1. The normalized spacial score (nSPS) is 25.8. The highest BCUT2D eigenvalue weighted by atomic mass is 16.5. The van der Waals surface area contributed by atoms with Gasteiger partial charge in [0.15, 0.2) is 0 Å². The van der Waals surface area contributed by atoms with Crippen molar-refractivity contribution in [3.05, 3.63) is 42.5 Å². The summed E-state index contributed by atoms with van der Waals surface area (Å²) >= 11 is 0. The average molecular weight is 270 g/mol. The summed E-state index contributed by atoms with van der Waals surface area (Å²) in [5.41, 5.74) is 10.4. The molecule has 2 atom stereocenters. The monoisotopic (exact) mass is 270 g/mol. The molecular formula is C16H18N2O2. The van der Waals surface area contributed by atoms with E-state index in [4.69, 9.17) is 16.2 Å². The van der Waals surface area contributed by atoms with Crippen LogP contribution in [0.25, 0.3) is 10.8 Å². The molecule has 4 nitrogen and oxygen atoms in total. The number of primary amides is 1. The minimum atomic E-state index is -0.915. The first-order valence-electron chi connectivity index (χ1n) is 6.81. The number of nitrogens with two attached hydrogens (primary N) is 2. The number of benzene rings is 2. The molecule has 4 heteroatoms. The van der Waals surface area contributed by atoms with Crippen LogP contribution in [0.1, 0.15) is 19.3 Å². The second kappa shape index (κ2) is 4.80. The fraction of sp³-hybridized carbons (Fsp3) is 0.312. The van der Waals surface area contributed by atoms with E-state index >= 15 is 0 Å². The van der Waals surface area contributed by atoms with Crippen molar-refractivity contribution >= 4 is 16.7 Å². The molecule has 1 fully saturated rings. The molecule has 0 radical (unpaired) electrons. The molecule has 3 rings (SSSR count). The van der Waals surface area contributed by atoms with Crippen molar-refractivity contribution < 1.29 is 9.53 Å². The Bertz CT molecular complexity index is 656. The molecule has 1 saturated carbocycles. The molecule has 2 aromatic carbocycles. The predicted octanol–water partition coefficient (Wildman–Crippen LogP) is 1.95. The van der Waals surface area contributed by atoms with Crippen LogP contribution in [0.5, 0.6) is 5.75 Å². The summed E-state index contributed by atoms with van der Waals surface area (Å²) in [5.74, 6) is 0.365. The lowest BCUT2D eigenvalue weighted by atomic mass is 9.99. The quantitative estimate of drug-likeness (QED) is 0.894. The zero-order valence-electron chi connectivity index (χ0n) is 11.2. The molecular weight excluding hydrogens is 252 g/mol. The third-order valence-electron chi connectivity index (χ3n) is 4.02. The number of hydrogen-bond acceptors (Lipinski definition) is 3. The van der Waals surface area contributed by atoms with Crippen LogP contribution in [0.2, 0.25) is 0 Å². The Kier molecular flexibility index (Phi) is 3.10. The van der Waals surface area contributed by atoms with Crippen LogP contribution in [0.15, 0.2) is 42.5 Å². The Morgan fingerprint density at radius 2 is 1.95 bits per heavy atom. The molecule has 2 unspecified atom stereocenters. The molecule has 1 aliphatic carbocycles. The van der Waals surface area contributed by atoms with E-state index in [0.29, 0.717) is 12.8 Å². The fourth-order valence-corrected chi connectivity index (χ4v) is 2.79. The standard InChI is InChI=1S/C16H18N2O2/c17-15(19)16(18)8-7-14(10-16)20-13-6-5-11-3-1-2-4-12(11)9-13/h1-6,9,14H,7-8,10,18H2,(H2,17,19).